The largest absolute Gasteiger partial charge is 0.379 e. The molecule has 0 unspecified atom stereocenters. The fourth-order valence-corrected chi connectivity index (χ4v) is 4.00. The van der Waals surface area contributed by atoms with Crippen LogP contribution in [-0.4, -0.2) is 60.1 Å². The van der Waals surface area contributed by atoms with Crippen LogP contribution in [0.4, 0.5) is 0 Å². The van der Waals surface area contributed by atoms with Crippen LogP contribution in [0, 0.1) is 0 Å². The van der Waals surface area contributed by atoms with Crippen molar-refractivity contribution in [3.8, 4) is 0 Å². The molecule has 0 bridgehead atoms. The molecule has 1 aromatic carbocycles. The number of hydrogen-bond donors (Lipinski definition) is 0. The Labute approximate surface area is 161 Å². The average molecular weight is 365 g/mol. The van der Waals surface area contributed by atoms with E-state index in [9.17, 15) is 4.79 Å². The van der Waals surface area contributed by atoms with E-state index in [1.807, 2.05) is 11.0 Å². The van der Waals surface area contributed by atoms with E-state index in [0.29, 0.717) is 6.54 Å². The van der Waals surface area contributed by atoms with Crippen LogP contribution < -0.4 is 0 Å². The molecule has 5 heteroatoms. The molecular formula is C22H27N3O2. The van der Waals surface area contributed by atoms with E-state index in [1.165, 1.54) is 5.56 Å². The predicted octanol–water partition coefficient (Wildman–Crippen LogP) is 2.67. The standard InChI is InChI=1S/C22H27N3O2/c26-22(17-24-12-14-27-15-13-24)25-11-5-10-21(25)20-9-4-8-19(23-20)16-18-6-2-1-3-7-18/h1-4,6-9,21H,5,10-17H2/t21-/m0/s1. The number of aromatic nitrogens is 1. The van der Waals surface area contributed by atoms with Crippen molar-refractivity contribution >= 4 is 5.91 Å². The first-order valence-electron chi connectivity index (χ1n) is 9.89. The van der Waals surface area contributed by atoms with Crippen molar-refractivity contribution in [2.45, 2.75) is 25.3 Å². The van der Waals surface area contributed by atoms with E-state index in [4.69, 9.17) is 9.72 Å². The summed E-state index contributed by atoms with van der Waals surface area (Å²) >= 11 is 0. The number of benzene rings is 1. The molecule has 2 aromatic rings. The lowest BCUT2D eigenvalue weighted by molar-refractivity contribution is -0.134. The zero-order chi connectivity index (χ0) is 18.5. The SMILES string of the molecule is O=C(CN1CCOCC1)N1CCC[C@H]1c1cccc(Cc2ccccc2)n1. The van der Waals surface area contributed by atoms with Gasteiger partial charge >= 0.3 is 0 Å². The van der Waals surface area contributed by atoms with Crippen molar-refractivity contribution in [1.29, 1.82) is 0 Å². The highest BCUT2D eigenvalue weighted by Gasteiger charge is 2.31. The van der Waals surface area contributed by atoms with E-state index in [1.54, 1.807) is 0 Å². The molecule has 1 atom stereocenters. The Bertz CT molecular complexity index is 759. The van der Waals surface area contributed by atoms with Crippen LogP contribution >= 0.6 is 0 Å². The number of likely N-dealkylation sites (tertiary alicyclic amines) is 1. The lowest BCUT2D eigenvalue weighted by Crippen LogP contribution is -2.44. The molecule has 5 nitrogen and oxygen atoms in total. The van der Waals surface area contributed by atoms with Gasteiger partial charge in [-0.3, -0.25) is 14.7 Å². The molecule has 0 N–H and O–H groups in total. The summed E-state index contributed by atoms with van der Waals surface area (Å²) in [6, 6.07) is 16.7. The Balaban J connectivity index is 1.45. The van der Waals surface area contributed by atoms with Crippen molar-refractivity contribution < 1.29 is 9.53 Å². The Morgan fingerprint density at radius 1 is 1.04 bits per heavy atom. The molecule has 142 valence electrons. The van der Waals surface area contributed by atoms with Gasteiger partial charge in [0.25, 0.3) is 0 Å². The highest BCUT2D eigenvalue weighted by molar-refractivity contribution is 5.79. The van der Waals surface area contributed by atoms with Crippen LogP contribution in [0.5, 0.6) is 0 Å². The van der Waals surface area contributed by atoms with Gasteiger partial charge in [0.15, 0.2) is 0 Å². The highest BCUT2D eigenvalue weighted by atomic mass is 16.5. The number of morpholine rings is 1. The average Bonchev–Trinajstić information content (AvgIpc) is 3.20. The van der Waals surface area contributed by atoms with Crippen LogP contribution in [0.15, 0.2) is 48.5 Å². The van der Waals surface area contributed by atoms with Crippen molar-refractivity contribution in [3.63, 3.8) is 0 Å². The number of nitrogens with zero attached hydrogens (tertiary/aromatic N) is 3. The summed E-state index contributed by atoms with van der Waals surface area (Å²) in [5, 5.41) is 0. The van der Waals surface area contributed by atoms with Crippen LogP contribution in [0.25, 0.3) is 0 Å². The van der Waals surface area contributed by atoms with Crippen molar-refractivity contribution in [3.05, 3.63) is 65.5 Å². The molecule has 3 heterocycles. The van der Waals surface area contributed by atoms with Crippen molar-refractivity contribution in [2.24, 2.45) is 0 Å². The lowest BCUT2D eigenvalue weighted by atomic mass is 10.1. The maximum absolute atomic E-state index is 12.9. The van der Waals surface area contributed by atoms with Crippen molar-refractivity contribution in [1.82, 2.24) is 14.8 Å². The molecule has 0 radical (unpaired) electrons. The number of rotatable bonds is 5. The molecule has 2 fully saturated rings. The normalized spacial score (nSPS) is 20.7. The smallest absolute Gasteiger partial charge is 0.237 e. The van der Waals surface area contributed by atoms with Gasteiger partial charge in [0.2, 0.25) is 5.91 Å². The van der Waals surface area contributed by atoms with Gasteiger partial charge in [0.1, 0.15) is 0 Å². The molecule has 0 aliphatic carbocycles. The number of carbonyl (C=O) groups excluding carboxylic acids is 1. The Kier molecular flexibility index (Phi) is 5.80. The second-order valence-electron chi connectivity index (χ2n) is 7.35. The summed E-state index contributed by atoms with van der Waals surface area (Å²) in [6.07, 6.45) is 2.86. The number of amides is 1. The van der Waals surface area contributed by atoms with Crippen LogP contribution in [0.1, 0.15) is 35.8 Å². The molecule has 0 saturated carbocycles. The molecule has 27 heavy (non-hydrogen) atoms. The summed E-state index contributed by atoms with van der Waals surface area (Å²) in [7, 11) is 0. The molecular weight excluding hydrogens is 338 g/mol. The molecule has 2 saturated heterocycles. The maximum atomic E-state index is 12.9. The predicted molar refractivity (Wildman–Crippen MR) is 104 cm³/mol. The summed E-state index contributed by atoms with van der Waals surface area (Å²) in [6.45, 7) is 4.45. The van der Waals surface area contributed by atoms with Gasteiger partial charge < -0.3 is 9.64 Å². The fourth-order valence-electron chi connectivity index (χ4n) is 4.00. The second kappa shape index (κ2) is 8.63. The van der Waals surface area contributed by atoms with Gasteiger partial charge in [-0.2, -0.15) is 0 Å². The third-order valence-electron chi connectivity index (χ3n) is 5.43. The first-order valence-corrected chi connectivity index (χ1v) is 9.89. The highest BCUT2D eigenvalue weighted by Crippen LogP contribution is 2.31. The molecule has 2 aliphatic heterocycles. The van der Waals surface area contributed by atoms with Gasteiger partial charge in [-0.25, -0.2) is 0 Å². The second-order valence-corrected chi connectivity index (χ2v) is 7.35. The van der Waals surface area contributed by atoms with Crippen molar-refractivity contribution in [2.75, 3.05) is 39.4 Å². The number of carbonyl (C=O) groups is 1. The zero-order valence-corrected chi connectivity index (χ0v) is 15.7. The Morgan fingerprint density at radius 3 is 2.67 bits per heavy atom. The van der Waals surface area contributed by atoms with Crippen LogP contribution in [-0.2, 0) is 16.0 Å². The van der Waals surface area contributed by atoms with E-state index in [-0.39, 0.29) is 11.9 Å². The first kappa shape index (κ1) is 18.1. The minimum atomic E-state index is 0.106. The summed E-state index contributed by atoms with van der Waals surface area (Å²) in [5.74, 6) is 0.217. The molecule has 0 spiro atoms. The topological polar surface area (TPSA) is 45.7 Å². The van der Waals surface area contributed by atoms with Gasteiger partial charge in [-0.05, 0) is 30.5 Å². The van der Waals surface area contributed by atoms with Gasteiger partial charge in [0, 0.05) is 31.7 Å². The molecule has 1 aromatic heterocycles. The van der Waals surface area contributed by atoms with E-state index in [0.717, 1.165) is 63.5 Å². The third-order valence-corrected chi connectivity index (χ3v) is 5.43. The monoisotopic (exact) mass is 365 g/mol. The molecule has 1 amide bonds. The number of hydrogen-bond acceptors (Lipinski definition) is 4. The number of ether oxygens (including phenoxy) is 1. The fraction of sp³-hybridized carbons (Fsp3) is 0.455. The number of pyridine rings is 1. The quantitative estimate of drug-likeness (QED) is 0.817. The molecule has 4 rings (SSSR count). The minimum absolute atomic E-state index is 0.106. The lowest BCUT2D eigenvalue weighted by Gasteiger charge is -2.30. The van der Waals surface area contributed by atoms with Gasteiger partial charge in [-0.15, -0.1) is 0 Å². The van der Waals surface area contributed by atoms with Gasteiger partial charge in [-0.1, -0.05) is 36.4 Å². The summed E-state index contributed by atoms with van der Waals surface area (Å²) in [5.41, 5.74) is 3.34. The third kappa shape index (κ3) is 4.54. The maximum Gasteiger partial charge on any atom is 0.237 e. The van der Waals surface area contributed by atoms with E-state index < -0.39 is 0 Å². The first-order chi connectivity index (χ1) is 13.3. The summed E-state index contributed by atoms with van der Waals surface area (Å²) < 4.78 is 5.38. The van der Waals surface area contributed by atoms with E-state index >= 15 is 0 Å². The summed E-state index contributed by atoms with van der Waals surface area (Å²) in [4.78, 5) is 22.0. The van der Waals surface area contributed by atoms with Crippen LogP contribution in [0.3, 0.4) is 0 Å². The minimum Gasteiger partial charge on any atom is -0.379 e. The van der Waals surface area contributed by atoms with Crippen LogP contribution in [0.2, 0.25) is 0 Å². The zero-order valence-electron chi connectivity index (χ0n) is 15.7. The Hall–Kier alpha value is -2.24. The Morgan fingerprint density at radius 2 is 1.85 bits per heavy atom. The van der Waals surface area contributed by atoms with E-state index in [2.05, 4.69) is 47.4 Å². The van der Waals surface area contributed by atoms with Gasteiger partial charge in [0.05, 0.1) is 31.5 Å². The molecule has 2 aliphatic rings.